The highest BCUT2D eigenvalue weighted by atomic mass is 79.9. The summed E-state index contributed by atoms with van der Waals surface area (Å²) >= 11 is 5.51. The van der Waals surface area contributed by atoms with Gasteiger partial charge in [-0.05, 0) is 29.8 Å². The molecule has 3 aromatic rings. The Morgan fingerprint density at radius 2 is 1.90 bits per heavy atom. The first-order valence-corrected chi connectivity index (χ1v) is 8.12. The van der Waals surface area contributed by atoms with Gasteiger partial charge in [0, 0.05) is 11.2 Å². The number of nitrogens with zero attached hydrogens (tertiary/aromatic N) is 1. The number of hydrogen-bond donors (Lipinski definition) is 0. The molecule has 1 aromatic heterocycles. The molecule has 0 aliphatic heterocycles. The van der Waals surface area contributed by atoms with Gasteiger partial charge in [-0.15, -0.1) is 11.3 Å². The lowest BCUT2D eigenvalue weighted by atomic mass is 10.1. The Hall–Kier alpha value is -1.39. The van der Waals surface area contributed by atoms with Gasteiger partial charge in [-0.1, -0.05) is 40.2 Å². The summed E-state index contributed by atoms with van der Waals surface area (Å²) in [6.07, 6.45) is 0.895. The number of alkyl halides is 1. The van der Waals surface area contributed by atoms with Crippen molar-refractivity contribution in [3.05, 3.63) is 59.1 Å². The number of ether oxygens (including phenoxy) is 1. The summed E-state index contributed by atoms with van der Waals surface area (Å²) in [5.41, 5.74) is 2.33. The third kappa shape index (κ3) is 2.86. The zero-order chi connectivity index (χ0) is 13.9. The molecule has 1 unspecified atom stereocenters. The maximum Gasteiger partial charge on any atom is 0.118 e. The number of rotatable bonds is 4. The molecule has 0 N–H and O–H groups in total. The monoisotopic (exact) mass is 347 g/mol. The minimum atomic E-state index is 0.272. The Bertz CT molecular complexity index is 675. The topological polar surface area (TPSA) is 22.1 Å². The van der Waals surface area contributed by atoms with E-state index in [1.165, 1.54) is 10.3 Å². The van der Waals surface area contributed by atoms with E-state index in [0.717, 1.165) is 22.7 Å². The predicted octanol–water partition coefficient (Wildman–Crippen LogP) is 4.98. The molecule has 1 heterocycles. The van der Waals surface area contributed by atoms with Gasteiger partial charge in [-0.2, -0.15) is 0 Å². The normalized spacial score (nSPS) is 12.5. The number of fused-ring (bicyclic) bond motifs is 1. The van der Waals surface area contributed by atoms with Crippen LogP contribution in [0.5, 0.6) is 5.75 Å². The van der Waals surface area contributed by atoms with Crippen LogP contribution in [0.2, 0.25) is 0 Å². The Kier molecular flexibility index (Phi) is 4.03. The van der Waals surface area contributed by atoms with Crippen molar-refractivity contribution in [1.82, 2.24) is 4.98 Å². The Morgan fingerprint density at radius 1 is 1.15 bits per heavy atom. The van der Waals surface area contributed by atoms with Crippen LogP contribution in [-0.2, 0) is 6.42 Å². The zero-order valence-corrected chi connectivity index (χ0v) is 13.4. The first kappa shape index (κ1) is 13.6. The molecular weight excluding hydrogens is 334 g/mol. The Morgan fingerprint density at radius 3 is 2.60 bits per heavy atom. The summed E-state index contributed by atoms with van der Waals surface area (Å²) < 4.78 is 6.43. The lowest BCUT2D eigenvalue weighted by molar-refractivity contribution is 0.414. The Labute approximate surface area is 130 Å². The predicted molar refractivity (Wildman–Crippen MR) is 88.0 cm³/mol. The van der Waals surface area contributed by atoms with Gasteiger partial charge < -0.3 is 4.74 Å². The number of methoxy groups -OCH3 is 1. The summed E-state index contributed by atoms with van der Waals surface area (Å²) in [7, 11) is 1.68. The number of halogens is 1. The SMILES string of the molecule is COc1ccc(C(Br)Cc2nc3ccccc3s2)cc1. The molecule has 0 spiro atoms. The number of para-hydroxylation sites is 1. The fraction of sp³-hybridized carbons (Fsp3) is 0.188. The molecule has 102 valence electrons. The summed E-state index contributed by atoms with van der Waals surface area (Å²) in [4.78, 5) is 4.95. The van der Waals surface area contributed by atoms with E-state index in [9.17, 15) is 0 Å². The standard InChI is InChI=1S/C16H14BrNOS/c1-19-12-8-6-11(7-9-12)13(17)10-16-18-14-4-2-3-5-15(14)20-16/h2-9,13H,10H2,1H3. The van der Waals surface area contributed by atoms with E-state index in [0.29, 0.717) is 0 Å². The van der Waals surface area contributed by atoms with E-state index in [1.54, 1.807) is 18.4 Å². The van der Waals surface area contributed by atoms with Gasteiger partial charge in [-0.3, -0.25) is 0 Å². The molecular formula is C16H14BrNOS. The van der Waals surface area contributed by atoms with Crippen LogP contribution >= 0.6 is 27.3 Å². The largest absolute Gasteiger partial charge is 0.497 e. The van der Waals surface area contributed by atoms with Crippen molar-refractivity contribution in [3.8, 4) is 5.75 Å². The number of aromatic nitrogens is 1. The van der Waals surface area contributed by atoms with E-state index in [4.69, 9.17) is 4.74 Å². The number of hydrogen-bond acceptors (Lipinski definition) is 3. The third-order valence-electron chi connectivity index (χ3n) is 3.17. The lowest BCUT2D eigenvalue weighted by Crippen LogP contribution is -1.95. The first-order chi connectivity index (χ1) is 9.76. The fourth-order valence-corrected chi connectivity index (χ4v) is 3.93. The molecule has 0 fully saturated rings. The van der Waals surface area contributed by atoms with Gasteiger partial charge in [-0.25, -0.2) is 4.98 Å². The molecule has 20 heavy (non-hydrogen) atoms. The highest BCUT2D eigenvalue weighted by molar-refractivity contribution is 9.09. The van der Waals surface area contributed by atoms with Crippen LogP contribution < -0.4 is 4.74 Å². The maximum atomic E-state index is 5.18. The molecule has 0 radical (unpaired) electrons. The Balaban J connectivity index is 1.78. The van der Waals surface area contributed by atoms with E-state index >= 15 is 0 Å². The molecule has 0 saturated heterocycles. The average Bonchev–Trinajstić information content (AvgIpc) is 2.89. The lowest BCUT2D eigenvalue weighted by Gasteiger charge is -2.09. The maximum absolute atomic E-state index is 5.18. The van der Waals surface area contributed by atoms with Crippen molar-refractivity contribution in [1.29, 1.82) is 0 Å². The number of benzene rings is 2. The van der Waals surface area contributed by atoms with Crippen LogP contribution in [0.4, 0.5) is 0 Å². The minimum absolute atomic E-state index is 0.272. The van der Waals surface area contributed by atoms with Crippen molar-refractivity contribution < 1.29 is 4.74 Å². The highest BCUT2D eigenvalue weighted by Gasteiger charge is 2.12. The van der Waals surface area contributed by atoms with Gasteiger partial charge in [0.05, 0.1) is 22.3 Å². The van der Waals surface area contributed by atoms with Crippen LogP contribution in [-0.4, -0.2) is 12.1 Å². The highest BCUT2D eigenvalue weighted by Crippen LogP contribution is 2.31. The van der Waals surface area contributed by atoms with Gasteiger partial charge in [0.25, 0.3) is 0 Å². The zero-order valence-electron chi connectivity index (χ0n) is 11.0. The summed E-state index contributed by atoms with van der Waals surface area (Å²) in [6.45, 7) is 0. The molecule has 0 saturated carbocycles. The van der Waals surface area contributed by atoms with E-state index in [1.807, 2.05) is 18.2 Å². The molecule has 1 atom stereocenters. The summed E-state index contributed by atoms with van der Waals surface area (Å²) in [5.74, 6) is 0.883. The van der Waals surface area contributed by atoms with Crippen LogP contribution in [0.25, 0.3) is 10.2 Å². The first-order valence-electron chi connectivity index (χ1n) is 6.39. The second-order valence-corrected chi connectivity index (χ2v) is 6.74. The minimum Gasteiger partial charge on any atom is -0.497 e. The fourth-order valence-electron chi connectivity index (χ4n) is 2.09. The third-order valence-corrected chi connectivity index (χ3v) is 5.08. The van der Waals surface area contributed by atoms with E-state index in [2.05, 4.69) is 51.2 Å². The van der Waals surface area contributed by atoms with Crippen molar-refractivity contribution in [2.75, 3.05) is 7.11 Å². The van der Waals surface area contributed by atoms with Crippen LogP contribution in [0.15, 0.2) is 48.5 Å². The summed E-state index contributed by atoms with van der Waals surface area (Å²) in [6, 6.07) is 16.4. The van der Waals surface area contributed by atoms with Gasteiger partial charge in [0.1, 0.15) is 5.75 Å². The second-order valence-electron chi connectivity index (χ2n) is 4.52. The van der Waals surface area contributed by atoms with Gasteiger partial charge >= 0.3 is 0 Å². The average molecular weight is 348 g/mol. The van der Waals surface area contributed by atoms with E-state index in [-0.39, 0.29) is 4.83 Å². The molecule has 0 aliphatic carbocycles. The molecule has 4 heteroatoms. The molecule has 2 aromatic carbocycles. The van der Waals surface area contributed by atoms with Crippen molar-refractivity contribution in [3.63, 3.8) is 0 Å². The second kappa shape index (κ2) is 5.94. The van der Waals surface area contributed by atoms with Gasteiger partial charge in [0.15, 0.2) is 0 Å². The van der Waals surface area contributed by atoms with Crippen molar-refractivity contribution >= 4 is 37.5 Å². The quantitative estimate of drug-likeness (QED) is 0.620. The van der Waals surface area contributed by atoms with Crippen LogP contribution in [0, 0.1) is 0 Å². The van der Waals surface area contributed by atoms with Crippen molar-refractivity contribution in [2.45, 2.75) is 11.2 Å². The van der Waals surface area contributed by atoms with Gasteiger partial charge in [0.2, 0.25) is 0 Å². The molecule has 2 nitrogen and oxygen atoms in total. The smallest absolute Gasteiger partial charge is 0.118 e. The van der Waals surface area contributed by atoms with Crippen molar-refractivity contribution in [2.24, 2.45) is 0 Å². The van der Waals surface area contributed by atoms with Crippen LogP contribution in [0.3, 0.4) is 0 Å². The molecule has 0 amide bonds. The summed E-state index contributed by atoms with van der Waals surface area (Å²) in [5, 5.41) is 1.16. The molecule has 3 rings (SSSR count). The van der Waals surface area contributed by atoms with E-state index < -0.39 is 0 Å². The number of thiazole rings is 1. The molecule has 0 aliphatic rings. The van der Waals surface area contributed by atoms with Crippen LogP contribution in [0.1, 0.15) is 15.4 Å². The molecule has 0 bridgehead atoms.